The first-order valence-electron chi connectivity index (χ1n) is 9.81. The zero-order valence-electron chi connectivity index (χ0n) is 15.5. The molecule has 136 valence electrons. The van der Waals surface area contributed by atoms with Gasteiger partial charge < -0.3 is 9.80 Å². The fourth-order valence-electron chi connectivity index (χ4n) is 4.28. The smallest absolute Gasteiger partial charge is 0.254 e. The first-order chi connectivity index (χ1) is 12.7. The summed E-state index contributed by atoms with van der Waals surface area (Å²) in [4.78, 5) is 22.1. The van der Waals surface area contributed by atoms with Gasteiger partial charge in [0.2, 0.25) is 0 Å². The molecule has 2 aliphatic rings. The summed E-state index contributed by atoms with van der Waals surface area (Å²) in [5, 5.41) is 0. The molecule has 2 aromatic rings. The van der Waals surface area contributed by atoms with Gasteiger partial charge in [-0.2, -0.15) is 0 Å². The molecule has 3 heterocycles. The van der Waals surface area contributed by atoms with Crippen LogP contribution < -0.4 is 4.90 Å². The molecule has 0 N–H and O–H groups in total. The Morgan fingerprint density at radius 2 is 1.81 bits per heavy atom. The minimum absolute atomic E-state index is 0.132. The molecule has 4 rings (SSSR count). The van der Waals surface area contributed by atoms with E-state index in [-0.39, 0.29) is 11.9 Å². The monoisotopic (exact) mass is 349 g/mol. The molecule has 2 fully saturated rings. The third kappa shape index (κ3) is 3.33. The van der Waals surface area contributed by atoms with Gasteiger partial charge in [0.1, 0.15) is 5.82 Å². The Kier molecular flexibility index (Phi) is 4.91. The van der Waals surface area contributed by atoms with E-state index in [1.54, 1.807) is 0 Å². The number of rotatable bonds is 3. The van der Waals surface area contributed by atoms with E-state index in [2.05, 4.69) is 17.9 Å². The van der Waals surface area contributed by atoms with Crippen LogP contribution in [0.4, 0.5) is 5.82 Å². The summed E-state index contributed by atoms with van der Waals surface area (Å²) in [5.41, 5.74) is 3.22. The lowest BCUT2D eigenvalue weighted by atomic mass is 10.0. The molecular formula is C22H27N3O. The number of hydrogen-bond donors (Lipinski definition) is 0. The normalized spacial score (nSPS) is 20.4. The van der Waals surface area contributed by atoms with Crippen LogP contribution in [0, 0.1) is 6.92 Å². The van der Waals surface area contributed by atoms with E-state index in [4.69, 9.17) is 4.98 Å². The fraction of sp³-hybridized carbons (Fsp3) is 0.455. The quantitative estimate of drug-likeness (QED) is 0.826. The number of likely N-dealkylation sites (tertiary alicyclic amines) is 1. The predicted molar refractivity (Wildman–Crippen MR) is 104 cm³/mol. The Bertz CT molecular complexity index is 768. The van der Waals surface area contributed by atoms with Crippen molar-refractivity contribution in [2.45, 2.75) is 45.1 Å². The summed E-state index contributed by atoms with van der Waals surface area (Å²) >= 11 is 0. The van der Waals surface area contributed by atoms with Crippen LogP contribution in [0.5, 0.6) is 0 Å². The van der Waals surface area contributed by atoms with Crippen LogP contribution >= 0.6 is 0 Å². The number of benzene rings is 1. The number of aromatic nitrogens is 1. The lowest BCUT2D eigenvalue weighted by molar-refractivity contribution is 0.0735. The Hall–Kier alpha value is -2.36. The van der Waals surface area contributed by atoms with Gasteiger partial charge in [0.25, 0.3) is 5.91 Å². The van der Waals surface area contributed by atoms with Crippen molar-refractivity contribution in [3.05, 3.63) is 59.3 Å². The number of amides is 1. The molecule has 0 radical (unpaired) electrons. The van der Waals surface area contributed by atoms with Crippen LogP contribution in [-0.4, -0.2) is 35.4 Å². The first-order valence-corrected chi connectivity index (χ1v) is 9.81. The average molecular weight is 349 g/mol. The maximum Gasteiger partial charge on any atom is 0.254 e. The van der Waals surface area contributed by atoms with Crippen molar-refractivity contribution in [1.82, 2.24) is 9.88 Å². The molecular weight excluding hydrogens is 322 g/mol. The Morgan fingerprint density at radius 1 is 1.04 bits per heavy atom. The number of hydrogen-bond acceptors (Lipinski definition) is 3. The van der Waals surface area contributed by atoms with Crippen LogP contribution in [-0.2, 0) is 0 Å². The van der Waals surface area contributed by atoms with E-state index in [1.807, 2.05) is 41.4 Å². The average Bonchev–Trinajstić information content (AvgIpc) is 3.18. The van der Waals surface area contributed by atoms with Gasteiger partial charge >= 0.3 is 0 Å². The lowest BCUT2D eigenvalue weighted by Crippen LogP contribution is -2.32. The third-order valence-electron chi connectivity index (χ3n) is 5.71. The SMILES string of the molecule is Cc1cc(N2CCCCC2)ncc1[C@@H]1CCCN1C(=O)c1ccccc1. The van der Waals surface area contributed by atoms with Crippen molar-refractivity contribution in [3.63, 3.8) is 0 Å². The van der Waals surface area contributed by atoms with E-state index < -0.39 is 0 Å². The van der Waals surface area contributed by atoms with Gasteiger partial charge in [0.15, 0.2) is 0 Å². The Balaban J connectivity index is 1.57. The molecule has 1 atom stereocenters. The summed E-state index contributed by atoms with van der Waals surface area (Å²) in [6.07, 6.45) is 7.92. The summed E-state index contributed by atoms with van der Waals surface area (Å²) in [6, 6.07) is 12.0. The minimum atomic E-state index is 0.132. The molecule has 2 aliphatic heterocycles. The van der Waals surface area contributed by atoms with Crippen LogP contribution in [0.1, 0.15) is 59.6 Å². The summed E-state index contributed by atoms with van der Waals surface area (Å²) < 4.78 is 0. The van der Waals surface area contributed by atoms with Crippen molar-refractivity contribution in [2.24, 2.45) is 0 Å². The van der Waals surface area contributed by atoms with E-state index in [9.17, 15) is 4.79 Å². The van der Waals surface area contributed by atoms with Gasteiger partial charge in [-0.3, -0.25) is 4.79 Å². The number of pyridine rings is 1. The van der Waals surface area contributed by atoms with E-state index in [0.29, 0.717) is 0 Å². The summed E-state index contributed by atoms with van der Waals surface area (Å²) in [7, 11) is 0. The first kappa shape index (κ1) is 17.1. The van der Waals surface area contributed by atoms with Gasteiger partial charge in [-0.1, -0.05) is 18.2 Å². The standard InChI is InChI=1S/C22H27N3O/c1-17-15-21(24-12-6-3-7-13-24)23-16-19(17)20-11-8-14-25(20)22(26)18-9-4-2-5-10-18/h2,4-5,9-10,15-16,20H,3,6-8,11-14H2,1H3/t20-/m0/s1. The van der Waals surface area contributed by atoms with E-state index in [0.717, 1.165) is 43.9 Å². The zero-order valence-corrected chi connectivity index (χ0v) is 15.5. The molecule has 26 heavy (non-hydrogen) atoms. The second-order valence-corrected chi connectivity index (χ2v) is 7.47. The van der Waals surface area contributed by atoms with E-state index >= 15 is 0 Å². The number of aryl methyl sites for hydroxylation is 1. The van der Waals surface area contributed by atoms with Crippen molar-refractivity contribution in [3.8, 4) is 0 Å². The van der Waals surface area contributed by atoms with Gasteiger partial charge in [-0.05, 0) is 68.4 Å². The highest BCUT2D eigenvalue weighted by atomic mass is 16.2. The van der Waals surface area contributed by atoms with Crippen molar-refractivity contribution >= 4 is 11.7 Å². The molecule has 1 aromatic carbocycles. The van der Waals surface area contributed by atoms with Crippen molar-refractivity contribution in [1.29, 1.82) is 0 Å². The molecule has 1 aromatic heterocycles. The topological polar surface area (TPSA) is 36.4 Å². The van der Waals surface area contributed by atoms with Crippen molar-refractivity contribution < 1.29 is 4.79 Å². The van der Waals surface area contributed by atoms with Gasteiger partial charge in [0.05, 0.1) is 6.04 Å². The lowest BCUT2D eigenvalue weighted by Gasteiger charge is -2.30. The molecule has 4 nitrogen and oxygen atoms in total. The Morgan fingerprint density at radius 3 is 2.54 bits per heavy atom. The molecule has 0 spiro atoms. The predicted octanol–water partition coefficient (Wildman–Crippen LogP) is 4.36. The fourth-order valence-corrected chi connectivity index (χ4v) is 4.28. The zero-order chi connectivity index (χ0) is 17.9. The highest BCUT2D eigenvalue weighted by molar-refractivity contribution is 5.94. The largest absolute Gasteiger partial charge is 0.357 e. The molecule has 0 bridgehead atoms. The molecule has 4 heteroatoms. The Labute approximate surface area is 155 Å². The van der Waals surface area contributed by atoms with Gasteiger partial charge in [-0.15, -0.1) is 0 Å². The second-order valence-electron chi connectivity index (χ2n) is 7.47. The minimum Gasteiger partial charge on any atom is -0.357 e. The van der Waals surface area contributed by atoms with Crippen LogP contribution in [0.3, 0.4) is 0 Å². The maximum absolute atomic E-state index is 13.0. The maximum atomic E-state index is 13.0. The molecule has 0 unspecified atom stereocenters. The molecule has 0 aliphatic carbocycles. The van der Waals surface area contributed by atoms with Gasteiger partial charge in [-0.25, -0.2) is 4.98 Å². The second kappa shape index (κ2) is 7.48. The molecule has 0 saturated carbocycles. The number of nitrogens with zero attached hydrogens (tertiary/aromatic N) is 3. The number of piperidine rings is 1. The molecule has 2 saturated heterocycles. The van der Waals surface area contributed by atoms with Gasteiger partial charge in [0, 0.05) is 31.4 Å². The number of carbonyl (C=O) groups is 1. The van der Waals surface area contributed by atoms with E-state index in [1.165, 1.54) is 30.4 Å². The number of anilines is 1. The highest BCUT2D eigenvalue weighted by Gasteiger charge is 2.31. The van der Waals surface area contributed by atoms with Crippen LogP contribution in [0.15, 0.2) is 42.6 Å². The third-order valence-corrected chi connectivity index (χ3v) is 5.71. The summed E-state index contributed by atoms with van der Waals surface area (Å²) in [5.74, 6) is 1.22. The molecule has 1 amide bonds. The van der Waals surface area contributed by atoms with Crippen molar-refractivity contribution in [2.75, 3.05) is 24.5 Å². The summed E-state index contributed by atoms with van der Waals surface area (Å²) in [6.45, 7) is 5.20. The van der Waals surface area contributed by atoms with Crippen LogP contribution in [0.25, 0.3) is 0 Å². The van der Waals surface area contributed by atoms with Crippen LogP contribution in [0.2, 0.25) is 0 Å². The number of carbonyl (C=O) groups excluding carboxylic acids is 1. The highest BCUT2D eigenvalue weighted by Crippen LogP contribution is 2.35.